The van der Waals surface area contributed by atoms with Gasteiger partial charge in [-0.3, -0.25) is 9.09 Å². The molecule has 0 spiro atoms. The van der Waals surface area contributed by atoms with Crippen LogP contribution in [0.4, 0.5) is 5.82 Å². The molecule has 13 heteroatoms. The van der Waals surface area contributed by atoms with Gasteiger partial charge < -0.3 is 30.1 Å². The van der Waals surface area contributed by atoms with Crippen LogP contribution in [0, 0.1) is 0 Å². The van der Waals surface area contributed by atoms with Crippen molar-refractivity contribution in [2.45, 2.75) is 24.5 Å². The third-order valence-electron chi connectivity index (χ3n) is 3.56. The third kappa shape index (κ3) is 3.13. The van der Waals surface area contributed by atoms with Crippen molar-refractivity contribution in [1.82, 2.24) is 19.5 Å². The van der Waals surface area contributed by atoms with Gasteiger partial charge in [0.15, 0.2) is 17.7 Å². The Hall–Kier alpha value is -1.66. The number of methoxy groups -OCH3 is 1. The van der Waals surface area contributed by atoms with E-state index in [1.54, 1.807) is 0 Å². The largest absolute Gasteiger partial charge is 0.470 e. The van der Waals surface area contributed by atoms with E-state index in [9.17, 15) is 9.67 Å². The Morgan fingerprint density at radius 1 is 1.42 bits per heavy atom. The number of anilines is 1. The third-order valence-corrected chi connectivity index (χ3v) is 4.08. The van der Waals surface area contributed by atoms with Gasteiger partial charge in [-0.2, -0.15) is 0 Å². The van der Waals surface area contributed by atoms with Crippen LogP contribution in [0.3, 0.4) is 0 Å². The van der Waals surface area contributed by atoms with E-state index in [0.717, 1.165) is 0 Å². The maximum atomic E-state index is 11.1. The highest BCUT2D eigenvalue weighted by Gasteiger charge is 2.48. The highest BCUT2D eigenvalue weighted by atomic mass is 31.2. The standard InChI is InChI=1S/C11H16N5O7P/c1-21-2-5-8(23-24(18,19)20)7(17)11(22-5)16-4-15-6-9(12)13-3-14-10(6)16/h3-5,7-8,11,17H,2H2,1H3,(H2,12,13,14)(H2,18,19,20)/t5-,7-,8-,11-/m1/s1. The number of nitrogen functional groups attached to an aromatic ring is 1. The Balaban J connectivity index is 1.95. The summed E-state index contributed by atoms with van der Waals surface area (Å²) in [5, 5.41) is 10.4. The topological polar surface area (TPSA) is 175 Å². The summed E-state index contributed by atoms with van der Waals surface area (Å²) >= 11 is 0. The number of nitrogens with two attached hydrogens (primary N) is 1. The summed E-state index contributed by atoms with van der Waals surface area (Å²) in [7, 11) is -3.45. The number of phosphoric ester groups is 1. The van der Waals surface area contributed by atoms with Crippen LogP contribution in [0.1, 0.15) is 6.23 Å². The number of hydrogen-bond acceptors (Lipinski definition) is 9. The molecule has 0 amide bonds. The van der Waals surface area contributed by atoms with Gasteiger partial charge in [-0.05, 0) is 0 Å². The second-order valence-electron chi connectivity index (χ2n) is 5.15. The molecule has 0 aromatic carbocycles. The summed E-state index contributed by atoms with van der Waals surface area (Å²) in [5.41, 5.74) is 6.33. The van der Waals surface area contributed by atoms with Crippen LogP contribution in [0.25, 0.3) is 11.2 Å². The van der Waals surface area contributed by atoms with E-state index in [1.165, 1.54) is 24.3 Å². The van der Waals surface area contributed by atoms with Crippen LogP contribution in [-0.2, 0) is 18.6 Å². The molecule has 132 valence electrons. The Morgan fingerprint density at radius 2 is 2.17 bits per heavy atom. The van der Waals surface area contributed by atoms with Gasteiger partial charge in [-0.1, -0.05) is 0 Å². The Kier molecular flexibility index (Phi) is 4.53. The van der Waals surface area contributed by atoms with Crippen LogP contribution in [-0.4, -0.2) is 66.4 Å². The van der Waals surface area contributed by atoms with E-state index in [0.29, 0.717) is 11.2 Å². The summed E-state index contributed by atoms with van der Waals surface area (Å²) in [6.07, 6.45) is -2.07. The molecule has 3 rings (SSSR count). The molecule has 0 bridgehead atoms. The average Bonchev–Trinajstić information content (AvgIpc) is 3.03. The van der Waals surface area contributed by atoms with Crippen molar-refractivity contribution in [1.29, 1.82) is 0 Å². The van der Waals surface area contributed by atoms with E-state index in [-0.39, 0.29) is 12.4 Å². The molecule has 24 heavy (non-hydrogen) atoms. The molecule has 12 nitrogen and oxygen atoms in total. The molecular weight excluding hydrogens is 345 g/mol. The van der Waals surface area contributed by atoms with Crippen LogP contribution in [0.5, 0.6) is 0 Å². The zero-order valence-corrected chi connectivity index (χ0v) is 13.4. The highest BCUT2D eigenvalue weighted by molar-refractivity contribution is 7.46. The molecule has 2 aromatic heterocycles. The van der Waals surface area contributed by atoms with Gasteiger partial charge in [-0.25, -0.2) is 19.5 Å². The first-order chi connectivity index (χ1) is 11.3. The lowest BCUT2D eigenvalue weighted by atomic mass is 10.1. The van der Waals surface area contributed by atoms with Crippen molar-refractivity contribution < 1.29 is 33.5 Å². The molecule has 1 aliphatic heterocycles. The minimum atomic E-state index is -4.84. The first-order valence-corrected chi connectivity index (χ1v) is 8.34. The zero-order chi connectivity index (χ0) is 17.5. The smallest absolute Gasteiger partial charge is 0.386 e. The van der Waals surface area contributed by atoms with Crippen LogP contribution < -0.4 is 5.73 Å². The fourth-order valence-electron chi connectivity index (χ4n) is 2.59. The number of hydrogen-bond donors (Lipinski definition) is 4. The average molecular weight is 361 g/mol. The van der Waals surface area contributed by atoms with Gasteiger partial charge >= 0.3 is 7.82 Å². The number of ether oxygens (including phenoxy) is 2. The first-order valence-electron chi connectivity index (χ1n) is 6.81. The van der Waals surface area contributed by atoms with Gasteiger partial charge in [0.25, 0.3) is 0 Å². The molecule has 1 saturated heterocycles. The van der Waals surface area contributed by atoms with Crippen molar-refractivity contribution in [3.63, 3.8) is 0 Å². The first kappa shape index (κ1) is 17.2. The molecule has 1 aliphatic rings. The Bertz CT molecular complexity index is 779. The van der Waals surface area contributed by atoms with Gasteiger partial charge in [0.1, 0.15) is 30.2 Å². The molecule has 0 aliphatic carbocycles. The predicted molar refractivity (Wildman–Crippen MR) is 78.4 cm³/mol. The monoisotopic (exact) mass is 361 g/mol. The Labute approximate surface area is 135 Å². The summed E-state index contributed by atoms with van der Waals surface area (Å²) in [5.74, 6) is 0.155. The minimum absolute atomic E-state index is 0.0397. The fraction of sp³-hybridized carbons (Fsp3) is 0.545. The summed E-state index contributed by atoms with van der Waals surface area (Å²) in [6, 6.07) is 0. The van der Waals surface area contributed by atoms with E-state index >= 15 is 0 Å². The number of nitrogens with zero attached hydrogens (tertiary/aromatic N) is 4. The van der Waals surface area contributed by atoms with E-state index in [2.05, 4.69) is 19.5 Å². The number of aliphatic hydroxyl groups excluding tert-OH is 1. The number of rotatable bonds is 5. The molecule has 0 saturated carbocycles. The van der Waals surface area contributed by atoms with Crippen molar-refractivity contribution in [3.05, 3.63) is 12.7 Å². The molecule has 0 unspecified atom stereocenters. The maximum absolute atomic E-state index is 11.1. The molecule has 4 atom stereocenters. The van der Waals surface area contributed by atoms with Gasteiger partial charge in [0.2, 0.25) is 0 Å². The lowest BCUT2D eigenvalue weighted by Crippen LogP contribution is -2.35. The highest BCUT2D eigenvalue weighted by Crippen LogP contribution is 2.44. The lowest BCUT2D eigenvalue weighted by molar-refractivity contribution is -0.0577. The van der Waals surface area contributed by atoms with Gasteiger partial charge in [0.05, 0.1) is 12.9 Å². The summed E-state index contributed by atoms with van der Waals surface area (Å²) < 4.78 is 27.8. The Morgan fingerprint density at radius 3 is 2.83 bits per heavy atom. The molecule has 2 aromatic rings. The molecule has 1 fully saturated rings. The summed E-state index contributed by atoms with van der Waals surface area (Å²) in [6.45, 7) is -0.0397. The normalized spacial score (nSPS) is 27.8. The number of fused-ring (bicyclic) bond motifs is 1. The molecule has 3 heterocycles. The molecular formula is C11H16N5O7P. The van der Waals surface area contributed by atoms with Crippen LogP contribution in [0.2, 0.25) is 0 Å². The van der Waals surface area contributed by atoms with Crippen LogP contribution >= 0.6 is 7.82 Å². The second kappa shape index (κ2) is 6.33. The summed E-state index contributed by atoms with van der Waals surface area (Å²) in [4.78, 5) is 30.0. The number of aliphatic hydroxyl groups is 1. The molecule has 0 radical (unpaired) electrons. The quantitative estimate of drug-likeness (QED) is 0.470. The number of imidazole rings is 1. The van der Waals surface area contributed by atoms with Crippen molar-refractivity contribution in [3.8, 4) is 0 Å². The minimum Gasteiger partial charge on any atom is -0.386 e. The SMILES string of the molecule is COC[C@H]1O[C@@H](n2cnc3c(N)ncnc32)[C@H](O)[C@@H]1OP(=O)(O)O. The van der Waals surface area contributed by atoms with Crippen molar-refractivity contribution in [2.24, 2.45) is 0 Å². The number of aromatic nitrogens is 4. The number of phosphoric acid groups is 1. The molecule has 5 N–H and O–H groups in total. The van der Waals surface area contributed by atoms with Crippen LogP contribution in [0.15, 0.2) is 12.7 Å². The second-order valence-corrected chi connectivity index (χ2v) is 6.35. The fourth-order valence-corrected chi connectivity index (χ4v) is 3.17. The van der Waals surface area contributed by atoms with Gasteiger partial charge in [0, 0.05) is 7.11 Å². The lowest BCUT2D eigenvalue weighted by Gasteiger charge is -2.20. The van der Waals surface area contributed by atoms with Crippen molar-refractivity contribution in [2.75, 3.05) is 19.5 Å². The van der Waals surface area contributed by atoms with Crippen molar-refractivity contribution >= 4 is 24.8 Å². The predicted octanol–water partition coefficient (Wildman–Crippen LogP) is -1.21. The van der Waals surface area contributed by atoms with Gasteiger partial charge in [-0.15, -0.1) is 0 Å². The van der Waals surface area contributed by atoms with E-state index in [4.69, 9.17) is 25.0 Å². The maximum Gasteiger partial charge on any atom is 0.470 e. The zero-order valence-electron chi connectivity index (χ0n) is 12.5. The van der Waals surface area contributed by atoms with E-state index < -0.39 is 32.4 Å². The van der Waals surface area contributed by atoms with E-state index in [1.807, 2.05) is 0 Å².